The predicted molar refractivity (Wildman–Crippen MR) is 136 cm³/mol. The summed E-state index contributed by atoms with van der Waals surface area (Å²) >= 11 is 0. The van der Waals surface area contributed by atoms with E-state index in [1.54, 1.807) is 6.20 Å². The highest BCUT2D eigenvalue weighted by molar-refractivity contribution is 5.73. The van der Waals surface area contributed by atoms with Crippen molar-refractivity contribution in [3.05, 3.63) is 59.7 Å². The van der Waals surface area contributed by atoms with E-state index in [-0.39, 0.29) is 12.2 Å². The van der Waals surface area contributed by atoms with E-state index in [1.165, 1.54) is 6.42 Å². The van der Waals surface area contributed by atoms with E-state index in [0.29, 0.717) is 12.6 Å². The summed E-state index contributed by atoms with van der Waals surface area (Å²) in [7, 11) is 0. The molecular weight excluding hydrogens is 653 g/mol. The van der Waals surface area contributed by atoms with Crippen LogP contribution in [0.15, 0.2) is 42.7 Å². The SMILES string of the molecule is Cc1cccc(CN2C[C@@H](OCc3cccnc3)[C@H]3OCCC[C@H]32)n1.O=C(O)C(F)(F)F.O=C(O)C(F)(F)F.O=C(O)C(F)(F)F. The average Bonchev–Trinajstić information content (AvgIpc) is 3.29. The number of pyridine rings is 2. The molecule has 2 aromatic rings. The molecule has 0 spiro atoms. The molecule has 2 fully saturated rings. The van der Waals surface area contributed by atoms with Gasteiger partial charge < -0.3 is 24.8 Å². The van der Waals surface area contributed by atoms with Crippen molar-refractivity contribution in [3.63, 3.8) is 0 Å². The second kappa shape index (κ2) is 17.6. The maximum absolute atomic E-state index is 10.6. The average molecular weight is 682 g/mol. The normalized spacial score (nSPS) is 19.6. The first kappa shape index (κ1) is 40.0. The molecule has 0 aromatic carbocycles. The summed E-state index contributed by atoms with van der Waals surface area (Å²) in [4.78, 5) is 38.0. The van der Waals surface area contributed by atoms with Gasteiger partial charge in [-0.1, -0.05) is 12.1 Å². The summed E-state index contributed by atoms with van der Waals surface area (Å²) in [6, 6.07) is 10.7. The molecule has 0 aliphatic carbocycles. The fraction of sp³-hybridized carbons (Fsp3) is 0.500. The van der Waals surface area contributed by atoms with E-state index >= 15 is 0 Å². The quantitative estimate of drug-likeness (QED) is 0.378. The van der Waals surface area contributed by atoms with Crippen LogP contribution in [-0.4, -0.2) is 98.0 Å². The number of likely N-dealkylation sites (tertiary alicyclic amines) is 1. The Balaban J connectivity index is 0.000000413. The number of carboxylic acids is 3. The van der Waals surface area contributed by atoms with Crippen LogP contribution in [0.1, 0.15) is 29.8 Å². The first-order chi connectivity index (χ1) is 21.1. The second-order valence-electron chi connectivity index (χ2n) is 9.36. The molecule has 258 valence electrons. The Labute approximate surface area is 254 Å². The van der Waals surface area contributed by atoms with Crippen LogP contribution in [-0.2, 0) is 37.0 Å². The molecule has 0 unspecified atom stereocenters. The number of aliphatic carboxylic acids is 3. The largest absolute Gasteiger partial charge is 0.490 e. The summed E-state index contributed by atoms with van der Waals surface area (Å²) in [5.41, 5.74) is 3.29. The maximum Gasteiger partial charge on any atom is 0.490 e. The number of carboxylic acid groups (broad SMARTS) is 3. The van der Waals surface area contributed by atoms with Crippen molar-refractivity contribution >= 4 is 17.9 Å². The standard InChI is InChI=1S/C20H25N3O2.3C2HF3O2/c1-15-5-2-7-17(22-15)12-23-13-19(20-18(23)8-4-10-24-20)25-14-16-6-3-9-21-11-16;3*3-2(4,5)1(6)7/h2-3,5-7,9,11,18-20H,4,8,10,12-14H2,1H3;3*(H,6,7)/t18-,19-,20+;;;/m1.../s1. The van der Waals surface area contributed by atoms with Crippen molar-refractivity contribution in [1.29, 1.82) is 0 Å². The Morgan fingerprint density at radius 1 is 0.913 bits per heavy atom. The molecular formula is C26H28F9N3O8. The van der Waals surface area contributed by atoms with E-state index in [0.717, 1.165) is 43.1 Å². The smallest absolute Gasteiger partial charge is 0.475 e. The Hall–Kier alpha value is -4.04. The maximum atomic E-state index is 10.6. The number of fused-ring (bicyclic) bond motifs is 1. The summed E-state index contributed by atoms with van der Waals surface area (Å²) in [6.45, 7) is 5.22. The number of rotatable bonds is 5. The van der Waals surface area contributed by atoms with Crippen LogP contribution in [0, 0.1) is 6.92 Å². The van der Waals surface area contributed by atoms with Crippen molar-refractivity contribution < 1.29 is 78.7 Å². The number of nitrogens with zero attached hydrogens (tertiary/aromatic N) is 3. The molecule has 2 aliphatic heterocycles. The van der Waals surface area contributed by atoms with Crippen LogP contribution in [0.25, 0.3) is 0 Å². The van der Waals surface area contributed by atoms with Gasteiger partial charge in [0.1, 0.15) is 6.10 Å². The van der Waals surface area contributed by atoms with Crippen molar-refractivity contribution in [1.82, 2.24) is 14.9 Å². The lowest BCUT2D eigenvalue weighted by Gasteiger charge is -2.32. The van der Waals surface area contributed by atoms with E-state index in [9.17, 15) is 39.5 Å². The van der Waals surface area contributed by atoms with E-state index in [1.807, 2.05) is 25.3 Å². The third kappa shape index (κ3) is 14.8. The first-order valence-corrected chi connectivity index (χ1v) is 12.8. The van der Waals surface area contributed by atoms with E-state index in [2.05, 4.69) is 33.1 Å². The topological polar surface area (TPSA) is 159 Å². The number of aromatic nitrogens is 2. The van der Waals surface area contributed by atoms with Gasteiger partial charge in [-0.2, -0.15) is 39.5 Å². The van der Waals surface area contributed by atoms with Crippen LogP contribution in [0.2, 0.25) is 0 Å². The minimum atomic E-state index is -5.08. The number of halogens is 9. The molecule has 3 N–H and O–H groups in total. The third-order valence-corrected chi connectivity index (χ3v) is 5.81. The van der Waals surface area contributed by atoms with Gasteiger partial charge in [-0.3, -0.25) is 14.9 Å². The fourth-order valence-electron chi connectivity index (χ4n) is 3.91. The van der Waals surface area contributed by atoms with Gasteiger partial charge in [-0.05, 0) is 43.5 Å². The Morgan fingerprint density at radius 2 is 1.46 bits per heavy atom. The zero-order valence-corrected chi connectivity index (χ0v) is 23.6. The number of aryl methyl sites for hydroxylation is 1. The summed E-state index contributed by atoms with van der Waals surface area (Å²) in [5.74, 6) is -8.27. The van der Waals surface area contributed by atoms with Gasteiger partial charge in [0.05, 0.1) is 18.4 Å². The molecule has 20 heteroatoms. The molecule has 2 saturated heterocycles. The summed E-state index contributed by atoms with van der Waals surface area (Å²) in [6.07, 6.45) is -9.04. The van der Waals surface area contributed by atoms with Gasteiger partial charge >= 0.3 is 36.4 Å². The zero-order valence-electron chi connectivity index (χ0n) is 23.6. The van der Waals surface area contributed by atoms with Gasteiger partial charge in [-0.15, -0.1) is 0 Å². The monoisotopic (exact) mass is 681 g/mol. The lowest BCUT2D eigenvalue weighted by molar-refractivity contribution is -0.193. The number of alkyl halides is 9. The van der Waals surface area contributed by atoms with Crippen molar-refractivity contribution in [3.8, 4) is 0 Å². The molecule has 2 aromatic heterocycles. The Morgan fingerprint density at radius 3 is 1.91 bits per heavy atom. The van der Waals surface area contributed by atoms with Crippen molar-refractivity contribution in [2.24, 2.45) is 0 Å². The molecule has 0 bridgehead atoms. The third-order valence-electron chi connectivity index (χ3n) is 5.81. The van der Waals surface area contributed by atoms with Crippen LogP contribution < -0.4 is 0 Å². The van der Waals surface area contributed by atoms with E-state index in [4.69, 9.17) is 39.2 Å². The number of hydrogen-bond acceptors (Lipinski definition) is 8. The molecule has 0 saturated carbocycles. The van der Waals surface area contributed by atoms with Gasteiger partial charge in [0.25, 0.3) is 0 Å². The highest BCUT2D eigenvalue weighted by Gasteiger charge is 2.45. The predicted octanol–water partition coefficient (Wildman–Crippen LogP) is 4.63. The number of hydrogen-bond donors (Lipinski definition) is 3. The summed E-state index contributed by atoms with van der Waals surface area (Å²) in [5, 5.41) is 21.4. The van der Waals surface area contributed by atoms with Crippen LogP contribution in [0.4, 0.5) is 39.5 Å². The molecule has 4 rings (SSSR count). The Kier molecular flexibility index (Phi) is 15.3. The van der Waals surface area contributed by atoms with Crippen LogP contribution >= 0.6 is 0 Å². The second-order valence-corrected chi connectivity index (χ2v) is 9.36. The first-order valence-electron chi connectivity index (χ1n) is 12.8. The Bertz CT molecular complexity index is 1200. The highest BCUT2D eigenvalue weighted by atomic mass is 19.4. The minimum absolute atomic E-state index is 0.107. The molecule has 0 amide bonds. The lowest BCUT2D eigenvalue weighted by Crippen LogP contribution is -2.41. The minimum Gasteiger partial charge on any atom is -0.475 e. The van der Waals surface area contributed by atoms with Crippen molar-refractivity contribution in [2.75, 3.05) is 13.2 Å². The number of carbonyl (C=O) groups is 3. The van der Waals surface area contributed by atoms with Crippen LogP contribution in [0.5, 0.6) is 0 Å². The molecule has 0 radical (unpaired) electrons. The van der Waals surface area contributed by atoms with E-state index < -0.39 is 36.4 Å². The fourth-order valence-corrected chi connectivity index (χ4v) is 3.91. The molecule has 4 heterocycles. The van der Waals surface area contributed by atoms with Gasteiger partial charge in [0.2, 0.25) is 0 Å². The molecule has 46 heavy (non-hydrogen) atoms. The van der Waals surface area contributed by atoms with Gasteiger partial charge in [0.15, 0.2) is 0 Å². The molecule has 11 nitrogen and oxygen atoms in total. The van der Waals surface area contributed by atoms with Crippen LogP contribution in [0.3, 0.4) is 0 Å². The molecule has 2 aliphatic rings. The molecule has 3 atom stereocenters. The van der Waals surface area contributed by atoms with Crippen molar-refractivity contribution in [2.45, 2.75) is 69.7 Å². The zero-order chi connectivity index (χ0) is 35.3. The van der Waals surface area contributed by atoms with Gasteiger partial charge in [0, 0.05) is 43.8 Å². The summed E-state index contributed by atoms with van der Waals surface area (Å²) < 4.78 is 108. The number of ether oxygens (including phenoxy) is 2. The highest BCUT2D eigenvalue weighted by Crippen LogP contribution is 2.32. The van der Waals surface area contributed by atoms with Gasteiger partial charge in [-0.25, -0.2) is 14.4 Å². The lowest BCUT2D eigenvalue weighted by atomic mass is 10.0.